The molecule has 0 nitrogen and oxygen atoms in total. The SMILES string of the molecule is C=C1C[C@@]23CCC4[C@](C)(CC)CCC[C@@]4(C)C2CC[C@]1(CC)C3. The molecule has 0 radical (unpaired) electrons. The van der Waals surface area contributed by atoms with E-state index in [2.05, 4.69) is 34.3 Å². The predicted octanol–water partition coefficient (Wildman–Crippen LogP) is 7.15. The van der Waals surface area contributed by atoms with Crippen molar-refractivity contribution in [3.8, 4) is 0 Å². The molecule has 4 saturated carbocycles. The lowest BCUT2D eigenvalue weighted by Crippen LogP contribution is -2.56. The third kappa shape index (κ3) is 1.90. The lowest BCUT2D eigenvalue weighted by molar-refractivity contribution is -0.156. The van der Waals surface area contributed by atoms with Gasteiger partial charge in [-0.25, -0.2) is 0 Å². The predicted molar refractivity (Wildman–Crippen MR) is 99.3 cm³/mol. The molecule has 0 N–H and O–H groups in total. The van der Waals surface area contributed by atoms with Gasteiger partial charge in [0, 0.05) is 0 Å². The van der Waals surface area contributed by atoms with E-state index in [0.29, 0.717) is 21.7 Å². The first kappa shape index (κ1) is 16.2. The van der Waals surface area contributed by atoms with Crippen molar-refractivity contribution >= 4 is 0 Å². The minimum Gasteiger partial charge on any atom is -0.0993 e. The summed E-state index contributed by atoms with van der Waals surface area (Å²) in [5, 5.41) is 0. The molecule has 0 aromatic heterocycles. The molecule has 1 spiro atoms. The zero-order valence-electron chi connectivity index (χ0n) is 16.1. The zero-order chi connectivity index (χ0) is 16.5. The summed E-state index contributed by atoms with van der Waals surface area (Å²) in [6.07, 6.45) is 16.0. The van der Waals surface area contributed by atoms with E-state index in [1.54, 1.807) is 5.57 Å². The van der Waals surface area contributed by atoms with Gasteiger partial charge in [0.05, 0.1) is 0 Å². The molecule has 2 unspecified atom stereocenters. The number of allylic oxidation sites excluding steroid dienone is 1. The number of rotatable bonds is 2. The van der Waals surface area contributed by atoms with Crippen molar-refractivity contribution in [3.05, 3.63) is 12.2 Å². The summed E-state index contributed by atoms with van der Waals surface area (Å²) < 4.78 is 0. The van der Waals surface area contributed by atoms with Gasteiger partial charge in [-0.2, -0.15) is 0 Å². The smallest absolute Gasteiger partial charge is 0.00876 e. The van der Waals surface area contributed by atoms with E-state index >= 15 is 0 Å². The maximum absolute atomic E-state index is 4.60. The fourth-order valence-electron chi connectivity index (χ4n) is 8.61. The second kappa shape index (κ2) is 4.89. The van der Waals surface area contributed by atoms with E-state index in [1.807, 2.05) is 0 Å². The summed E-state index contributed by atoms with van der Waals surface area (Å²) in [6, 6.07) is 0. The van der Waals surface area contributed by atoms with Crippen LogP contribution in [0, 0.1) is 33.5 Å². The first-order valence-electron chi connectivity index (χ1n) is 10.5. The van der Waals surface area contributed by atoms with Crippen molar-refractivity contribution in [2.45, 2.75) is 98.3 Å². The third-order valence-corrected chi connectivity index (χ3v) is 9.97. The van der Waals surface area contributed by atoms with Crippen molar-refractivity contribution in [3.63, 3.8) is 0 Å². The first-order chi connectivity index (χ1) is 10.8. The number of hydrogen-bond donors (Lipinski definition) is 0. The highest BCUT2D eigenvalue weighted by molar-refractivity contribution is 5.27. The summed E-state index contributed by atoms with van der Waals surface area (Å²) >= 11 is 0. The molecule has 130 valence electrons. The molecular formula is C23H38. The van der Waals surface area contributed by atoms with E-state index in [9.17, 15) is 0 Å². The van der Waals surface area contributed by atoms with Gasteiger partial charge in [-0.3, -0.25) is 0 Å². The van der Waals surface area contributed by atoms with Crippen LogP contribution in [0.15, 0.2) is 12.2 Å². The van der Waals surface area contributed by atoms with Crippen LogP contribution in [0.1, 0.15) is 98.3 Å². The fourth-order valence-corrected chi connectivity index (χ4v) is 8.61. The molecule has 23 heavy (non-hydrogen) atoms. The van der Waals surface area contributed by atoms with Crippen LogP contribution in [-0.2, 0) is 0 Å². The Hall–Kier alpha value is -0.260. The molecule has 0 heteroatoms. The highest BCUT2D eigenvalue weighted by Crippen LogP contribution is 2.75. The summed E-state index contributed by atoms with van der Waals surface area (Å²) in [5.74, 6) is 1.96. The van der Waals surface area contributed by atoms with E-state index in [1.165, 1.54) is 70.6 Å². The molecule has 0 heterocycles. The molecule has 0 aromatic carbocycles. The highest BCUT2D eigenvalue weighted by Gasteiger charge is 2.65. The maximum Gasteiger partial charge on any atom is -0.00876 e. The van der Waals surface area contributed by atoms with Crippen molar-refractivity contribution in [1.82, 2.24) is 0 Å². The lowest BCUT2D eigenvalue weighted by atomic mass is 9.40. The molecule has 6 atom stereocenters. The van der Waals surface area contributed by atoms with Gasteiger partial charge in [0.1, 0.15) is 0 Å². The van der Waals surface area contributed by atoms with Gasteiger partial charge in [-0.05, 0) is 91.3 Å². The van der Waals surface area contributed by atoms with E-state index in [0.717, 1.165) is 11.8 Å². The van der Waals surface area contributed by atoms with Gasteiger partial charge in [0.15, 0.2) is 0 Å². The van der Waals surface area contributed by atoms with Crippen LogP contribution < -0.4 is 0 Å². The van der Waals surface area contributed by atoms with Crippen LogP contribution >= 0.6 is 0 Å². The van der Waals surface area contributed by atoms with E-state index in [4.69, 9.17) is 0 Å². The molecule has 0 aromatic rings. The Morgan fingerprint density at radius 2 is 1.70 bits per heavy atom. The van der Waals surface area contributed by atoms with Crippen molar-refractivity contribution < 1.29 is 0 Å². The van der Waals surface area contributed by atoms with Crippen LogP contribution in [0.5, 0.6) is 0 Å². The van der Waals surface area contributed by atoms with Crippen LogP contribution in [0.4, 0.5) is 0 Å². The van der Waals surface area contributed by atoms with Crippen LogP contribution in [0.3, 0.4) is 0 Å². The normalized spacial score (nSPS) is 55.4. The Morgan fingerprint density at radius 3 is 2.39 bits per heavy atom. The molecule has 0 saturated heterocycles. The standard InChI is InChI=1S/C23H38/c1-6-20(4)11-8-12-21(5)18(20)9-14-23-15-17(3)22(7-2,16-23)13-10-19(21)23/h18-19H,3,6-16H2,1-2,4-5H3/t18?,19?,20-,21-,22-,23-/m1/s1. The molecule has 2 bridgehead atoms. The second-order valence-corrected chi connectivity index (χ2v) is 10.5. The Morgan fingerprint density at radius 1 is 0.957 bits per heavy atom. The van der Waals surface area contributed by atoms with Crippen molar-refractivity contribution in [2.24, 2.45) is 33.5 Å². The van der Waals surface area contributed by atoms with E-state index < -0.39 is 0 Å². The Labute approximate surface area is 144 Å². The van der Waals surface area contributed by atoms with Crippen molar-refractivity contribution in [2.75, 3.05) is 0 Å². The Kier molecular flexibility index (Phi) is 3.45. The third-order valence-electron chi connectivity index (χ3n) is 9.97. The van der Waals surface area contributed by atoms with Gasteiger partial charge in [-0.1, -0.05) is 52.7 Å². The highest BCUT2D eigenvalue weighted by atomic mass is 14.7. The number of hydrogen-bond acceptors (Lipinski definition) is 0. The molecule has 0 amide bonds. The van der Waals surface area contributed by atoms with Crippen LogP contribution in [-0.4, -0.2) is 0 Å². The summed E-state index contributed by atoms with van der Waals surface area (Å²) in [4.78, 5) is 0. The van der Waals surface area contributed by atoms with Gasteiger partial charge in [-0.15, -0.1) is 0 Å². The molecule has 0 aliphatic heterocycles. The Bertz CT molecular complexity index is 518. The van der Waals surface area contributed by atoms with Crippen molar-refractivity contribution in [1.29, 1.82) is 0 Å². The Balaban J connectivity index is 1.73. The molecule has 4 aliphatic carbocycles. The average Bonchev–Trinajstić information content (AvgIpc) is 2.73. The summed E-state index contributed by atoms with van der Waals surface area (Å²) in [5.41, 5.74) is 4.04. The topological polar surface area (TPSA) is 0 Å². The van der Waals surface area contributed by atoms with Crippen LogP contribution in [0.2, 0.25) is 0 Å². The molecule has 4 aliphatic rings. The van der Waals surface area contributed by atoms with Gasteiger partial charge < -0.3 is 0 Å². The minimum absolute atomic E-state index is 0.530. The monoisotopic (exact) mass is 314 g/mol. The molecular weight excluding hydrogens is 276 g/mol. The van der Waals surface area contributed by atoms with E-state index in [-0.39, 0.29) is 0 Å². The average molecular weight is 315 g/mol. The fraction of sp³-hybridized carbons (Fsp3) is 0.913. The summed E-state index contributed by atoms with van der Waals surface area (Å²) in [7, 11) is 0. The van der Waals surface area contributed by atoms with Gasteiger partial charge in [0.25, 0.3) is 0 Å². The quantitative estimate of drug-likeness (QED) is 0.475. The zero-order valence-corrected chi connectivity index (χ0v) is 16.1. The van der Waals surface area contributed by atoms with Gasteiger partial charge in [0.2, 0.25) is 0 Å². The molecule has 4 rings (SSSR count). The molecule has 4 fully saturated rings. The minimum atomic E-state index is 0.530. The first-order valence-corrected chi connectivity index (χ1v) is 10.5. The second-order valence-electron chi connectivity index (χ2n) is 10.5. The lowest BCUT2D eigenvalue weighted by Gasteiger charge is -2.65. The maximum atomic E-state index is 4.60. The number of fused-ring (bicyclic) bond motifs is 3. The van der Waals surface area contributed by atoms with Gasteiger partial charge >= 0.3 is 0 Å². The van der Waals surface area contributed by atoms with Crippen LogP contribution in [0.25, 0.3) is 0 Å². The summed E-state index contributed by atoms with van der Waals surface area (Å²) in [6.45, 7) is 14.8. The largest absolute Gasteiger partial charge is 0.0993 e.